The van der Waals surface area contributed by atoms with E-state index in [1.807, 2.05) is 24.3 Å². The van der Waals surface area contributed by atoms with Crippen LogP contribution in [0.2, 0.25) is 5.02 Å². The summed E-state index contributed by atoms with van der Waals surface area (Å²) in [5, 5.41) is 9.65. The Balaban J connectivity index is 2.28. The van der Waals surface area contributed by atoms with Gasteiger partial charge in [0, 0.05) is 5.02 Å². The maximum absolute atomic E-state index is 10.9. The van der Waals surface area contributed by atoms with Crippen molar-refractivity contribution in [1.82, 2.24) is 0 Å². The van der Waals surface area contributed by atoms with Crippen LogP contribution >= 0.6 is 11.6 Å². The van der Waals surface area contributed by atoms with Crippen LogP contribution in [0.4, 0.5) is 0 Å². The number of benzene rings is 1. The molecule has 0 bridgehead atoms. The lowest BCUT2D eigenvalue weighted by Gasteiger charge is -2.22. The number of carbonyl (C=O) groups is 1. The minimum Gasteiger partial charge on any atom is -0.481 e. The van der Waals surface area contributed by atoms with Crippen molar-refractivity contribution in [3.8, 4) is 0 Å². The molecule has 1 atom stereocenters. The van der Waals surface area contributed by atoms with Crippen molar-refractivity contribution in [3.63, 3.8) is 0 Å². The Morgan fingerprint density at radius 1 is 1.56 bits per heavy atom. The number of hydrogen-bond acceptors (Lipinski definition) is 1. The third-order valence-electron chi connectivity index (χ3n) is 3.51. The first-order valence-electron chi connectivity index (χ1n) is 5.48. The van der Waals surface area contributed by atoms with Crippen LogP contribution in [0.25, 0.3) is 0 Å². The van der Waals surface area contributed by atoms with E-state index in [2.05, 4.69) is 6.92 Å². The van der Waals surface area contributed by atoms with Crippen LogP contribution in [0.15, 0.2) is 24.3 Å². The highest BCUT2D eigenvalue weighted by Gasteiger charge is 2.46. The third-order valence-corrected chi connectivity index (χ3v) is 3.74. The molecule has 1 aliphatic rings. The molecule has 1 aromatic carbocycles. The van der Waals surface area contributed by atoms with Crippen molar-refractivity contribution >= 4 is 17.6 Å². The summed E-state index contributed by atoms with van der Waals surface area (Å²) in [4.78, 5) is 10.9. The molecule has 1 unspecified atom stereocenters. The Kier molecular flexibility index (Phi) is 2.94. The van der Waals surface area contributed by atoms with Crippen LogP contribution in [0.1, 0.15) is 37.7 Å². The highest BCUT2D eigenvalue weighted by atomic mass is 35.5. The molecule has 0 amide bonds. The number of halogens is 1. The van der Waals surface area contributed by atoms with Gasteiger partial charge in [-0.3, -0.25) is 4.79 Å². The Labute approximate surface area is 100 Å². The maximum atomic E-state index is 10.9. The minimum atomic E-state index is -0.738. The van der Waals surface area contributed by atoms with Crippen molar-refractivity contribution < 1.29 is 9.90 Å². The zero-order valence-electron chi connectivity index (χ0n) is 9.24. The van der Waals surface area contributed by atoms with Gasteiger partial charge in [0.1, 0.15) is 0 Å². The smallest absolute Gasteiger partial charge is 0.303 e. The summed E-state index contributed by atoms with van der Waals surface area (Å²) >= 11 is 5.95. The summed E-state index contributed by atoms with van der Waals surface area (Å²) in [6.45, 7) is 2.15. The van der Waals surface area contributed by atoms with Gasteiger partial charge in [-0.15, -0.1) is 0 Å². The van der Waals surface area contributed by atoms with Crippen LogP contribution in [-0.2, 0) is 4.79 Å². The van der Waals surface area contributed by atoms with Gasteiger partial charge < -0.3 is 5.11 Å². The van der Waals surface area contributed by atoms with Gasteiger partial charge in [0.15, 0.2) is 0 Å². The fraction of sp³-hybridized carbons (Fsp3) is 0.462. The summed E-state index contributed by atoms with van der Waals surface area (Å²) < 4.78 is 0. The summed E-state index contributed by atoms with van der Waals surface area (Å²) in [5.41, 5.74) is 1.21. The molecule has 1 saturated carbocycles. The predicted molar refractivity (Wildman–Crippen MR) is 63.8 cm³/mol. The monoisotopic (exact) mass is 238 g/mol. The lowest BCUT2D eigenvalue weighted by Crippen LogP contribution is -2.15. The molecule has 1 aromatic rings. The molecule has 86 valence electrons. The highest BCUT2D eigenvalue weighted by molar-refractivity contribution is 6.30. The molecule has 0 radical (unpaired) electrons. The molecule has 0 aromatic heterocycles. The van der Waals surface area contributed by atoms with E-state index in [1.165, 1.54) is 0 Å². The molecule has 1 fully saturated rings. The van der Waals surface area contributed by atoms with Crippen molar-refractivity contribution in [2.24, 2.45) is 5.41 Å². The Morgan fingerprint density at radius 3 is 2.75 bits per heavy atom. The zero-order valence-corrected chi connectivity index (χ0v) is 10.00. The lowest BCUT2D eigenvalue weighted by molar-refractivity contribution is -0.137. The van der Waals surface area contributed by atoms with E-state index in [0.717, 1.165) is 18.4 Å². The molecule has 0 heterocycles. The van der Waals surface area contributed by atoms with Crippen molar-refractivity contribution in [2.75, 3.05) is 0 Å². The van der Waals surface area contributed by atoms with E-state index in [4.69, 9.17) is 16.7 Å². The van der Waals surface area contributed by atoms with Crippen LogP contribution in [-0.4, -0.2) is 11.1 Å². The summed E-state index contributed by atoms with van der Waals surface area (Å²) in [6, 6.07) is 7.57. The first kappa shape index (κ1) is 11.5. The standard InChI is InChI=1S/C13H15ClO2/c1-13(5-6-13)11(8-12(15)16)9-3-2-4-10(14)7-9/h2-4,7,11H,5-6,8H2,1H3,(H,15,16). The molecule has 0 aliphatic heterocycles. The van der Waals surface area contributed by atoms with E-state index in [1.54, 1.807) is 0 Å². The van der Waals surface area contributed by atoms with Gasteiger partial charge in [-0.1, -0.05) is 30.7 Å². The van der Waals surface area contributed by atoms with Gasteiger partial charge in [-0.25, -0.2) is 0 Å². The van der Waals surface area contributed by atoms with E-state index in [-0.39, 0.29) is 17.8 Å². The molecular formula is C13H15ClO2. The molecule has 2 rings (SSSR count). The topological polar surface area (TPSA) is 37.3 Å². The average molecular weight is 239 g/mol. The molecule has 0 saturated heterocycles. The number of rotatable bonds is 4. The second-order valence-corrected chi connectivity index (χ2v) is 5.30. The first-order chi connectivity index (χ1) is 7.51. The quantitative estimate of drug-likeness (QED) is 0.869. The second kappa shape index (κ2) is 4.10. The van der Waals surface area contributed by atoms with Crippen LogP contribution in [0.5, 0.6) is 0 Å². The molecule has 2 nitrogen and oxygen atoms in total. The van der Waals surface area contributed by atoms with Gasteiger partial charge in [0.05, 0.1) is 6.42 Å². The zero-order chi connectivity index (χ0) is 11.8. The van der Waals surface area contributed by atoms with Gasteiger partial charge in [0.2, 0.25) is 0 Å². The van der Waals surface area contributed by atoms with Crippen LogP contribution in [0.3, 0.4) is 0 Å². The summed E-state index contributed by atoms with van der Waals surface area (Å²) in [6.07, 6.45) is 2.41. The summed E-state index contributed by atoms with van der Waals surface area (Å²) in [5.74, 6) is -0.651. The lowest BCUT2D eigenvalue weighted by atomic mass is 9.82. The van der Waals surface area contributed by atoms with Gasteiger partial charge in [-0.2, -0.15) is 0 Å². The minimum absolute atomic E-state index is 0.0868. The van der Waals surface area contributed by atoms with E-state index in [0.29, 0.717) is 5.02 Å². The van der Waals surface area contributed by atoms with Crippen molar-refractivity contribution in [2.45, 2.75) is 32.1 Å². The predicted octanol–water partition coefficient (Wildman–Crippen LogP) is 3.70. The van der Waals surface area contributed by atoms with E-state index < -0.39 is 5.97 Å². The maximum Gasteiger partial charge on any atom is 0.303 e. The number of carboxylic acids is 1. The van der Waals surface area contributed by atoms with Gasteiger partial charge in [0.25, 0.3) is 0 Å². The van der Waals surface area contributed by atoms with Gasteiger partial charge in [-0.05, 0) is 41.9 Å². The Bertz CT molecular complexity index is 410. The molecule has 3 heteroatoms. The van der Waals surface area contributed by atoms with Crippen LogP contribution < -0.4 is 0 Å². The molecule has 0 spiro atoms. The Morgan fingerprint density at radius 2 is 2.25 bits per heavy atom. The fourth-order valence-corrected chi connectivity index (χ4v) is 2.41. The molecule has 16 heavy (non-hydrogen) atoms. The van der Waals surface area contributed by atoms with E-state index >= 15 is 0 Å². The van der Waals surface area contributed by atoms with Crippen molar-refractivity contribution in [3.05, 3.63) is 34.9 Å². The largest absolute Gasteiger partial charge is 0.481 e. The average Bonchev–Trinajstić information content (AvgIpc) is 2.94. The number of aliphatic carboxylic acids is 1. The third kappa shape index (κ3) is 2.38. The normalized spacial score (nSPS) is 19.1. The van der Waals surface area contributed by atoms with Crippen molar-refractivity contribution in [1.29, 1.82) is 0 Å². The second-order valence-electron chi connectivity index (χ2n) is 4.86. The molecule has 1 aliphatic carbocycles. The van der Waals surface area contributed by atoms with Gasteiger partial charge >= 0.3 is 5.97 Å². The Hall–Kier alpha value is -1.02. The molecular weight excluding hydrogens is 224 g/mol. The SMILES string of the molecule is CC1(C(CC(=O)O)c2cccc(Cl)c2)CC1. The number of carboxylic acid groups (broad SMARTS) is 1. The first-order valence-corrected chi connectivity index (χ1v) is 5.86. The van der Waals surface area contributed by atoms with Crippen LogP contribution in [0, 0.1) is 5.41 Å². The highest BCUT2D eigenvalue weighted by Crippen LogP contribution is 2.57. The summed E-state index contributed by atoms with van der Waals surface area (Å²) in [7, 11) is 0. The number of hydrogen-bond donors (Lipinski definition) is 1. The fourth-order valence-electron chi connectivity index (χ4n) is 2.21. The molecule has 1 N–H and O–H groups in total. The van der Waals surface area contributed by atoms with E-state index in [9.17, 15) is 4.79 Å².